The van der Waals surface area contributed by atoms with Crippen molar-refractivity contribution in [2.75, 3.05) is 25.6 Å². The first kappa shape index (κ1) is 14.7. The lowest BCUT2D eigenvalue weighted by atomic mass is 10.1. The summed E-state index contributed by atoms with van der Waals surface area (Å²) < 4.78 is 0. The van der Waals surface area contributed by atoms with Crippen LogP contribution in [0, 0.1) is 0 Å². The van der Waals surface area contributed by atoms with E-state index in [9.17, 15) is 9.90 Å². The van der Waals surface area contributed by atoms with Crippen molar-refractivity contribution in [3.05, 3.63) is 0 Å². The van der Waals surface area contributed by atoms with Gasteiger partial charge in [0.15, 0.2) is 5.60 Å². The van der Waals surface area contributed by atoms with Crippen molar-refractivity contribution in [1.29, 1.82) is 0 Å². The van der Waals surface area contributed by atoms with Crippen LogP contribution in [0.25, 0.3) is 0 Å². The van der Waals surface area contributed by atoms with E-state index in [2.05, 4.69) is 0 Å². The molecule has 0 aliphatic rings. The number of carboxylic acid groups (broad SMARTS) is 1. The first-order valence-electron chi connectivity index (χ1n) is 4.96. The summed E-state index contributed by atoms with van der Waals surface area (Å²) in [5, 5.41) is 18.4. The van der Waals surface area contributed by atoms with E-state index in [1.807, 2.05) is 25.1 Å². The van der Waals surface area contributed by atoms with Crippen molar-refractivity contribution >= 4 is 17.7 Å². The maximum atomic E-state index is 10.7. The van der Waals surface area contributed by atoms with Gasteiger partial charge in [-0.25, -0.2) is 4.79 Å². The molecule has 0 aromatic rings. The van der Waals surface area contributed by atoms with E-state index in [-0.39, 0.29) is 12.6 Å². The average Bonchev–Trinajstić information content (AvgIpc) is 2.13. The zero-order valence-electron chi connectivity index (χ0n) is 9.86. The molecule has 0 radical (unpaired) electrons. The summed E-state index contributed by atoms with van der Waals surface area (Å²) in [7, 11) is 1.84. The summed E-state index contributed by atoms with van der Waals surface area (Å²) in [6, 6.07) is 0.281. The topological polar surface area (TPSA) is 60.8 Å². The second-order valence-electron chi connectivity index (χ2n) is 4.12. The van der Waals surface area contributed by atoms with E-state index in [0.29, 0.717) is 0 Å². The maximum absolute atomic E-state index is 10.7. The zero-order valence-corrected chi connectivity index (χ0v) is 10.7. The molecule has 0 rings (SSSR count). The van der Waals surface area contributed by atoms with Gasteiger partial charge in [0.25, 0.3) is 0 Å². The number of aliphatic hydroxyl groups is 1. The Bertz CT molecular complexity index is 209. The number of thioether (sulfide) groups is 1. The number of rotatable bonds is 7. The molecule has 2 N–H and O–H groups in total. The Hall–Kier alpha value is -0.260. The van der Waals surface area contributed by atoms with Crippen LogP contribution >= 0.6 is 11.8 Å². The summed E-state index contributed by atoms with van der Waals surface area (Å²) in [6.45, 7) is 3.51. The molecule has 5 heteroatoms. The summed E-state index contributed by atoms with van der Waals surface area (Å²) in [5.74, 6) is -0.132. The zero-order chi connectivity index (χ0) is 12.1. The Morgan fingerprint density at radius 3 is 2.53 bits per heavy atom. The minimum Gasteiger partial charge on any atom is -0.479 e. The van der Waals surface area contributed by atoms with E-state index < -0.39 is 11.6 Å². The number of likely N-dealkylation sites (N-methyl/N-ethyl adjacent to an activating group) is 1. The highest BCUT2D eigenvalue weighted by Gasteiger charge is 2.32. The summed E-state index contributed by atoms with van der Waals surface area (Å²) in [4.78, 5) is 12.6. The Labute approximate surface area is 95.7 Å². The van der Waals surface area contributed by atoms with Crippen LogP contribution in [-0.4, -0.2) is 58.3 Å². The third-order valence-electron chi connectivity index (χ3n) is 2.51. The number of nitrogens with zero attached hydrogens (tertiary/aromatic N) is 1. The molecule has 0 aliphatic carbocycles. The van der Waals surface area contributed by atoms with Crippen molar-refractivity contribution in [1.82, 2.24) is 4.90 Å². The van der Waals surface area contributed by atoms with Crippen LogP contribution in [0.5, 0.6) is 0 Å². The van der Waals surface area contributed by atoms with Crippen molar-refractivity contribution < 1.29 is 15.0 Å². The van der Waals surface area contributed by atoms with E-state index in [1.165, 1.54) is 6.92 Å². The fraction of sp³-hybridized carbons (Fsp3) is 0.900. The molecule has 0 aliphatic heterocycles. The van der Waals surface area contributed by atoms with Gasteiger partial charge < -0.3 is 15.1 Å². The molecule has 90 valence electrons. The molecular formula is C10H21NO3S. The van der Waals surface area contributed by atoms with E-state index in [1.54, 1.807) is 11.8 Å². The van der Waals surface area contributed by atoms with Gasteiger partial charge in [-0.2, -0.15) is 11.8 Å². The number of aliphatic carboxylic acids is 1. The molecule has 0 aromatic heterocycles. The molecule has 4 nitrogen and oxygen atoms in total. The van der Waals surface area contributed by atoms with Gasteiger partial charge in [-0.3, -0.25) is 0 Å². The van der Waals surface area contributed by atoms with Gasteiger partial charge in [-0.05, 0) is 39.3 Å². The molecule has 0 spiro atoms. The van der Waals surface area contributed by atoms with Crippen LogP contribution in [0.15, 0.2) is 0 Å². The van der Waals surface area contributed by atoms with Gasteiger partial charge >= 0.3 is 5.97 Å². The fourth-order valence-electron chi connectivity index (χ4n) is 1.22. The minimum absolute atomic E-state index is 0.151. The SMILES string of the molecule is CSCCC(C)N(C)CC(C)(O)C(=O)O. The third-order valence-corrected chi connectivity index (χ3v) is 3.15. The van der Waals surface area contributed by atoms with E-state index >= 15 is 0 Å². The number of hydrogen-bond acceptors (Lipinski definition) is 4. The molecule has 0 heterocycles. The molecule has 2 atom stereocenters. The lowest BCUT2D eigenvalue weighted by Gasteiger charge is -2.30. The second kappa shape index (κ2) is 6.35. The van der Waals surface area contributed by atoms with Gasteiger partial charge in [-0.1, -0.05) is 0 Å². The molecule has 0 amide bonds. The Balaban J connectivity index is 4.11. The smallest absolute Gasteiger partial charge is 0.336 e. The highest BCUT2D eigenvalue weighted by Crippen LogP contribution is 2.11. The van der Waals surface area contributed by atoms with E-state index in [4.69, 9.17) is 5.11 Å². The Morgan fingerprint density at radius 2 is 2.13 bits per heavy atom. The summed E-state index contributed by atoms with van der Waals surface area (Å²) >= 11 is 1.77. The standard InChI is InChI=1S/C10H21NO3S/c1-8(5-6-15-4)11(3)7-10(2,14)9(12)13/h8,14H,5-7H2,1-4H3,(H,12,13). The van der Waals surface area contributed by atoms with Crippen LogP contribution in [0.4, 0.5) is 0 Å². The first-order chi connectivity index (χ1) is 6.81. The Morgan fingerprint density at radius 1 is 1.60 bits per heavy atom. The largest absolute Gasteiger partial charge is 0.479 e. The van der Waals surface area contributed by atoms with Gasteiger partial charge in [0.1, 0.15) is 0 Å². The van der Waals surface area contributed by atoms with Crippen molar-refractivity contribution in [3.8, 4) is 0 Å². The molecule has 0 saturated carbocycles. The van der Waals surface area contributed by atoms with Gasteiger partial charge in [0, 0.05) is 12.6 Å². The lowest BCUT2D eigenvalue weighted by molar-refractivity contribution is -0.158. The Kier molecular flexibility index (Phi) is 6.24. The quantitative estimate of drug-likeness (QED) is 0.686. The van der Waals surface area contributed by atoms with Gasteiger partial charge in [0.2, 0.25) is 0 Å². The maximum Gasteiger partial charge on any atom is 0.336 e. The molecule has 2 unspecified atom stereocenters. The van der Waals surface area contributed by atoms with Crippen molar-refractivity contribution in [2.24, 2.45) is 0 Å². The van der Waals surface area contributed by atoms with Crippen molar-refractivity contribution in [2.45, 2.75) is 31.9 Å². The van der Waals surface area contributed by atoms with Crippen LogP contribution in [0.2, 0.25) is 0 Å². The molecular weight excluding hydrogens is 214 g/mol. The number of carbonyl (C=O) groups is 1. The minimum atomic E-state index is -1.66. The first-order valence-corrected chi connectivity index (χ1v) is 6.35. The lowest BCUT2D eigenvalue weighted by Crippen LogP contribution is -2.48. The number of carboxylic acids is 1. The predicted molar refractivity (Wildman–Crippen MR) is 63.4 cm³/mol. The van der Waals surface area contributed by atoms with E-state index in [0.717, 1.165) is 12.2 Å². The highest BCUT2D eigenvalue weighted by atomic mass is 32.2. The monoisotopic (exact) mass is 235 g/mol. The van der Waals surface area contributed by atoms with Crippen molar-refractivity contribution in [3.63, 3.8) is 0 Å². The normalized spacial score (nSPS) is 17.5. The van der Waals surface area contributed by atoms with Crippen LogP contribution < -0.4 is 0 Å². The van der Waals surface area contributed by atoms with Gasteiger partial charge in [0.05, 0.1) is 0 Å². The molecule has 0 saturated heterocycles. The summed E-state index contributed by atoms with van der Waals surface area (Å²) in [6.07, 6.45) is 3.04. The fourth-order valence-corrected chi connectivity index (χ4v) is 1.79. The van der Waals surface area contributed by atoms with Crippen LogP contribution in [-0.2, 0) is 4.79 Å². The molecule has 0 aromatic carbocycles. The molecule has 0 fully saturated rings. The average molecular weight is 235 g/mol. The van der Waals surface area contributed by atoms with Crippen LogP contribution in [0.3, 0.4) is 0 Å². The molecule has 15 heavy (non-hydrogen) atoms. The third kappa shape index (κ3) is 5.39. The molecule has 0 bridgehead atoms. The summed E-state index contributed by atoms with van der Waals surface area (Å²) in [5.41, 5.74) is -1.66. The van der Waals surface area contributed by atoms with Crippen LogP contribution in [0.1, 0.15) is 20.3 Å². The second-order valence-corrected chi connectivity index (χ2v) is 5.11. The number of hydrogen-bond donors (Lipinski definition) is 2. The van der Waals surface area contributed by atoms with Gasteiger partial charge in [-0.15, -0.1) is 0 Å². The predicted octanol–water partition coefficient (Wildman–Crippen LogP) is 0.895. The highest BCUT2D eigenvalue weighted by molar-refractivity contribution is 7.98.